The number of benzene rings is 1. The fourth-order valence-corrected chi connectivity index (χ4v) is 4.98. The second-order valence-corrected chi connectivity index (χ2v) is 9.94. The average Bonchev–Trinajstić information content (AvgIpc) is 3.33. The molecule has 2 aromatic heterocycles. The van der Waals surface area contributed by atoms with Crippen molar-refractivity contribution >= 4 is 57.8 Å². The Morgan fingerprint density at radius 2 is 1.81 bits per heavy atom. The van der Waals surface area contributed by atoms with Crippen LogP contribution in [0, 0.1) is 0 Å². The Bertz CT molecular complexity index is 1300. The molecule has 9 nitrogen and oxygen atoms in total. The molecule has 5 rings (SSSR count). The lowest BCUT2D eigenvalue weighted by molar-refractivity contribution is 0.312. The highest BCUT2D eigenvalue weighted by Gasteiger charge is 2.22. The van der Waals surface area contributed by atoms with Crippen LogP contribution in [0.1, 0.15) is 12.8 Å². The molecule has 2 aliphatic rings. The summed E-state index contributed by atoms with van der Waals surface area (Å²) in [6, 6.07) is 7.61. The zero-order valence-electron chi connectivity index (χ0n) is 21.0. The molecule has 0 radical (unpaired) electrons. The minimum Gasteiger partial charge on any atom is -0.494 e. The van der Waals surface area contributed by atoms with Crippen LogP contribution in [0.15, 0.2) is 48.9 Å². The zero-order valence-corrected chi connectivity index (χ0v) is 22.5. The molecule has 4 heterocycles. The first-order valence-electron chi connectivity index (χ1n) is 12.2. The normalized spacial score (nSPS) is 16.3. The summed E-state index contributed by atoms with van der Waals surface area (Å²) in [6.07, 6.45) is 5.32. The highest BCUT2D eigenvalue weighted by molar-refractivity contribution is 6.34. The Hall–Kier alpha value is -3.27. The van der Waals surface area contributed by atoms with Crippen LogP contribution >= 0.6 is 23.2 Å². The van der Waals surface area contributed by atoms with E-state index in [0.29, 0.717) is 33.2 Å². The third-order valence-electron chi connectivity index (χ3n) is 6.63. The predicted molar refractivity (Wildman–Crippen MR) is 151 cm³/mol. The van der Waals surface area contributed by atoms with Gasteiger partial charge >= 0.3 is 0 Å². The monoisotopic (exact) mass is 540 g/mol. The Labute approximate surface area is 227 Å². The van der Waals surface area contributed by atoms with Crippen LogP contribution in [0.2, 0.25) is 10.0 Å². The van der Waals surface area contributed by atoms with Crippen molar-refractivity contribution in [1.29, 1.82) is 0 Å². The molecule has 2 N–H and O–H groups in total. The SMILES string of the molecule is C=C1CCCN1c1ncccc1Nc1nc(Nc2cc(Cl)c(N3CCN(C)CC3)cc2OC)ncc1Cl. The summed E-state index contributed by atoms with van der Waals surface area (Å²) >= 11 is 13.2. The first-order valence-corrected chi connectivity index (χ1v) is 13.0. The fourth-order valence-electron chi connectivity index (χ4n) is 4.56. The number of hydrogen-bond donors (Lipinski definition) is 2. The topological polar surface area (TPSA) is 81.7 Å². The van der Waals surface area contributed by atoms with Crippen molar-refractivity contribution in [3.8, 4) is 5.75 Å². The number of nitrogens with one attached hydrogen (secondary N) is 2. The summed E-state index contributed by atoms with van der Waals surface area (Å²) in [5.41, 5.74) is 3.44. The standard InChI is InChI=1S/C26H30Cl2N8O/c1-17-6-5-9-36(17)25-20(7-4-8-29-25)31-24-19(28)16-30-26(33-24)32-21-14-18(27)22(15-23(21)37-3)35-12-10-34(2)11-13-35/h4,7-8,14-16H,1,5-6,9-13H2,2-3H3,(H2,30,31,32,33). The van der Waals surface area contributed by atoms with Crippen molar-refractivity contribution in [3.63, 3.8) is 0 Å². The number of rotatable bonds is 7. The number of anilines is 6. The van der Waals surface area contributed by atoms with E-state index in [0.717, 1.165) is 68.5 Å². The van der Waals surface area contributed by atoms with Gasteiger partial charge in [-0.1, -0.05) is 29.8 Å². The molecule has 37 heavy (non-hydrogen) atoms. The second-order valence-electron chi connectivity index (χ2n) is 9.13. The number of ether oxygens (including phenoxy) is 1. The maximum Gasteiger partial charge on any atom is 0.229 e. The maximum absolute atomic E-state index is 6.71. The lowest BCUT2D eigenvalue weighted by Gasteiger charge is -2.34. The van der Waals surface area contributed by atoms with E-state index in [9.17, 15) is 0 Å². The van der Waals surface area contributed by atoms with Crippen molar-refractivity contribution in [2.75, 3.05) is 67.3 Å². The number of nitrogens with zero attached hydrogens (tertiary/aromatic N) is 6. The number of methoxy groups -OCH3 is 1. The van der Waals surface area contributed by atoms with Crippen LogP contribution < -0.4 is 25.2 Å². The van der Waals surface area contributed by atoms with Gasteiger partial charge in [-0.15, -0.1) is 0 Å². The molecule has 2 fully saturated rings. The molecule has 0 atom stereocenters. The maximum atomic E-state index is 6.71. The molecule has 0 saturated carbocycles. The van der Waals surface area contributed by atoms with Crippen molar-refractivity contribution in [1.82, 2.24) is 19.9 Å². The van der Waals surface area contributed by atoms with Gasteiger partial charge in [-0.3, -0.25) is 0 Å². The Morgan fingerprint density at radius 3 is 2.54 bits per heavy atom. The summed E-state index contributed by atoms with van der Waals surface area (Å²) in [5.74, 6) is 2.25. The minimum atomic E-state index is 0.352. The number of likely N-dealkylation sites (N-methyl/N-ethyl adjacent to an activating group) is 1. The Morgan fingerprint density at radius 1 is 1.00 bits per heavy atom. The second kappa shape index (κ2) is 11.0. The summed E-state index contributed by atoms with van der Waals surface area (Å²) < 4.78 is 5.68. The molecule has 3 aromatic rings. The summed E-state index contributed by atoms with van der Waals surface area (Å²) in [6.45, 7) is 8.82. The lowest BCUT2D eigenvalue weighted by Crippen LogP contribution is -2.44. The third kappa shape index (κ3) is 5.53. The Balaban J connectivity index is 1.39. The van der Waals surface area contributed by atoms with Crippen molar-refractivity contribution in [3.05, 3.63) is 59.0 Å². The quantitative estimate of drug-likeness (QED) is 0.401. The highest BCUT2D eigenvalue weighted by atomic mass is 35.5. The van der Waals surface area contributed by atoms with Gasteiger partial charge < -0.3 is 30.1 Å². The Kier molecular flexibility index (Phi) is 7.55. The van der Waals surface area contributed by atoms with E-state index in [1.165, 1.54) is 0 Å². The predicted octanol–water partition coefficient (Wildman–Crippen LogP) is 5.54. The number of piperazine rings is 1. The minimum absolute atomic E-state index is 0.352. The highest BCUT2D eigenvalue weighted by Crippen LogP contribution is 2.39. The van der Waals surface area contributed by atoms with Crippen LogP contribution in [0.4, 0.5) is 34.6 Å². The molecule has 0 bridgehead atoms. The van der Waals surface area contributed by atoms with Gasteiger partial charge in [0.15, 0.2) is 11.6 Å². The summed E-state index contributed by atoms with van der Waals surface area (Å²) in [7, 11) is 3.76. The van der Waals surface area contributed by atoms with Gasteiger partial charge in [-0.2, -0.15) is 4.98 Å². The van der Waals surface area contributed by atoms with Gasteiger partial charge in [-0.25, -0.2) is 9.97 Å². The van der Waals surface area contributed by atoms with Crippen LogP contribution in [0.3, 0.4) is 0 Å². The summed E-state index contributed by atoms with van der Waals surface area (Å²) in [5, 5.41) is 7.57. The van der Waals surface area contributed by atoms with E-state index >= 15 is 0 Å². The van der Waals surface area contributed by atoms with Crippen molar-refractivity contribution < 1.29 is 4.74 Å². The molecular weight excluding hydrogens is 511 g/mol. The molecule has 194 valence electrons. The van der Waals surface area contributed by atoms with Gasteiger partial charge in [0.2, 0.25) is 5.95 Å². The van der Waals surface area contributed by atoms with Crippen LogP contribution in [0.25, 0.3) is 0 Å². The summed E-state index contributed by atoms with van der Waals surface area (Å²) in [4.78, 5) is 20.3. The molecule has 0 unspecified atom stereocenters. The molecule has 11 heteroatoms. The number of hydrogen-bond acceptors (Lipinski definition) is 9. The van der Waals surface area contributed by atoms with Gasteiger partial charge in [0.1, 0.15) is 10.8 Å². The first kappa shape index (κ1) is 25.4. The van der Waals surface area contributed by atoms with E-state index in [1.54, 1.807) is 19.5 Å². The molecule has 0 aliphatic carbocycles. The molecule has 2 aliphatic heterocycles. The van der Waals surface area contributed by atoms with Gasteiger partial charge in [0.05, 0.1) is 35.4 Å². The third-order valence-corrected chi connectivity index (χ3v) is 7.21. The largest absolute Gasteiger partial charge is 0.494 e. The zero-order chi connectivity index (χ0) is 25.9. The van der Waals surface area contributed by atoms with E-state index in [4.69, 9.17) is 27.9 Å². The van der Waals surface area contributed by atoms with E-state index in [1.807, 2.05) is 24.3 Å². The molecule has 2 saturated heterocycles. The van der Waals surface area contributed by atoms with Gasteiger partial charge in [0, 0.05) is 50.7 Å². The first-order chi connectivity index (χ1) is 17.9. The molecule has 0 spiro atoms. The van der Waals surface area contributed by atoms with Crippen molar-refractivity contribution in [2.24, 2.45) is 0 Å². The van der Waals surface area contributed by atoms with Crippen LogP contribution in [0.5, 0.6) is 5.75 Å². The average molecular weight is 541 g/mol. The van der Waals surface area contributed by atoms with E-state index in [-0.39, 0.29) is 0 Å². The number of pyridine rings is 1. The van der Waals surface area contributed by atoms with Crippen LogP contribution in [-0.4, -0.2) is 66.7 Å². The van der Waals surface area contributed by atoms with Gasteiger partial charge in [-0.05, 0) is 38.1 Å². The van der Waals surface area contributed by atoms with Gasteiger partial charge in [0.25, 0.3) is 0 Å². The van der Waals surface area contributed by atoms with Crippen LogP contribution in [-0.2, 0) is 0 Å². The number of allylic oxidation sites excluding steroid dienone is 1. The van der Waals surface area contributed by atoms with Crippen molar-refractivity contribution in [2.45, 2.75) is 12.8 Å². The van der Waals surface area contributed by atoms with E-state index < -0.39 is 0 Å². The fraction of sp³-hybridized carbons (Fsp3) is 0.346. The number of aromatic nitrogens is 3. The molecule has 1 aromatic carbocycles. The smallest absolute Gasteiger partial charge is 0.229 e. The lowest BCUT2D eigenvalue weighted by atomic mass is 10.2. The number of halogens is 2. The molecular formula is C26H30Cl2N8O. The molecule has 0 amide bonds. The van der Waals surface area contributed by atoms with E-state index in [2.05, 4.69) is 53.9 Å².